The van der Waals surface area contributed by atoms with E-state index in [0.29, 0.717) is 0 Å². The molecule has 0 unspecified atom stereocenters. The lowest BCUT2D eigenvalue weighted by molar-refractivity contribution is 0.568. The molecule has 0 saturated carbocycles. The summed E-state index contributed by atoms with van der Waals surface area (Å²) >= 11 is 0. The van der Waals surface area contributed by atoms with Crippen molar-refractivity contribution >= 4 is 100 Å². The number of hydrogen-bond donors (Lipinski definition) is 0. The zero-order valence-electron chi connectivity index (χ0n) is 63.4. The van der Waals surface area contributed by atoms with Crippen LogP contribution in [0.1, 0.15) is 105 Å². The standard InChI is InChI=1S/C103H88BN3/c1-100(2,3)81-47-79(48-82(61-81)101(4,5)6)93-57-77(58-94(105-93)80-49-83(102(7,8)9)62-84(50-80)103(10,11)12)78-59-97-99-98(60-78)107(86-53-75(67-33-21-15-22-34-67)46-76(54-86)68-35-23-16-24-36-68)96-64-90-72(44-42-70-38-26-28-40-88(70)90)56-92(96)104(99)91-55-71-43-41-69-37-25-27-39-87(69)89(71)63-95(91)106(97)85-51-73(65-29-17-13-18-30-65)45-74(52-85)66-31-19-14-20-32-66/h13-64H,1-12H3. The third kappa shape index (κ3) is 12.2. The van der Waals surface area contributed by atoms with E-state index in [2.05, 4.69) is 408 Å². The minimum Gasteiger partial charge on any atom is -0.311 e. The van der Waals surface area contributed by atoms with Crippen molar-refractivity contribution in [1.29, 1.82) is 0 Å². The molecule has 0 fully saturated rings. The van der Waals surface area contributed by atoms with Gasteiger partial charge in [-0.3, -0.25) is 0 Å². The van der Waals surface area contributed by atoms with E-state index in [1.807, 2.05) is 0 Å². The first kappa shape index (κ1) is 67.1. The van der Waals surface area contributed by atoms with Crippen molar-refractivity contribution in [3.63, 3.8) is 0 Å². The monoisotopic (exact) mass is 1380 g/mol. The molecule has 518 valence electrons. The van der Waals surface area contributed by atoms with Gasteiger partial charge in [-0.15, -0.1) is 0 Å². The molecule has 16 aromatic rings. The van der Waals surface area contributed by atoms with E-state index in [1.165, 1.54) is 81.7 Å². The predicted octanol–water partition coefficient (Wildman–Crippen LogP) is 26.6. The Labute approximate surface area is 631 Å². The molecular formula is C103H88BN3. The van der Waals surface area contributed by atoms with Gasteiger partial charge in [0, 0.05) is 45.3 Å². The summed E-state index contributed by atoms with van der Waals surface area (Å²) < 4.78 is 0. The Bertz CT molecular complexity index is 5670. The van der Waals surface area contributed by atoms with Crippen molar-refractivity contribution in [2.75, 3.05) is 9.80 Å². The molecule has 0 aliphatic carbocycles. The van der Waals surface area contributed by atoms with Crippen LogP contribution in [0.4, 0.5) is 34.1 Å². The van der Waals surface area contributed by atoms with E-state index in [4.69, 9.17) is 4.98 Å². The van der Waals surface area contributed by atoms with E-state index in [0.717, 1.165) is 112 Å². The smallest absolute Gasteiger partial charge is 0.252 e. The fraction of sp³-hybridized carbons (Fsp3) is 0.155. The van der Waals surface area contributed by atoms with Gasteiger partial charge in [0.05, 0.1) is 11.4 Å². The van der Waals surface area contributed by atoms with Crippen molar-refractivity contribution in [2.24, 2.45) is 0 Å². The molecule has 18 rings (SSSR count). The van der Waals surface area contributed by atoms with Gasteiger partial charge in [0.15, 0.2) is 0 Å². The molecule has 0 N–H and O–H groups in total. The molecule has 0 atom stereocenters. The molecule has 15 aromatic carbocycles. The average Bonchev–Trinajstić information content (AvgIpc) is 0.686. The number of hydrogen-bond acceptors (Lipinski definition) is 3. The fourth-order valence-corrected chi connectivity index (χ4v) is 16.7. The van der Waals surface area contributed by atoms with Crippen LogP contribution in [0.5, 0.6) is 0 Å². The van der Waals surface area contributed by atoms with Gasteiger partial charge in [0.2, 0.25) is 0 Å². The van der Waals surface area contributed by atoms with Gasteiger partial charge in [-0.2, -0.15) is 0 Å². The number of anilines is 6. The first-order valence-electron chi connectivity index (χ1n) is 38.1. The molecule has 3 heterocycles. The zero-order chi connectivity index (χ0) is 73.4. The van der Waals surface area contributed by atoms with Gasteiger partial charge in [-0.1, -0.05) is 301 Å². The van der Waals surface area contributed by atoms with Crippen LogP contribution in [0, 0.1) is 0 Å². The number of nitrogens with zero attached hydrogens (tertiary/aromatic N) is 3. The molecule has 3 nitrogen and oxygen atoms in total. The van der Waals surface area contributed by atoms with Crippen LogP contribution in [-0.4, -0.2) is 11.7 Å². The highest BCUT2D eigenvalue weighted by molar-refractivity contribution is 7.00. The highest BCUT2D eigenvalue weighted by Gasteiger charge is 2.45. The maximum atomic E-state index is 5.97. The Hall–Kier alpha value is -11.8. The fourth-order valence-electron chi connectivity index (χ4n) is 16.7. The topological polar surface area (TPSA) is 19.4 Å². The van der Waals surface area contributed by atoms with Crippen LogP contribution in [0.3, 0.4) is 0 Å². The predicted molar refractivity (Wildman–Crippen MR) is 461 cm³/mol. The summed E-state index contributed by atoms with van der Waals surface area (Å²) in [6.07, 6.45) is 0. The molecular weight excluding hydrogens is 1290 g/mol. The third-order valence-electron chi connectivity index (χ3n) is 22.7. The summed E-state index contributed by atoms with van der Waals surface area (Å²) in [5, 5.41) is 9.72. The minimum atomic E-state index is -0.231. The largest absolute Gasteiger partial charge is 0.311 e. The second-order valence-electron chi connectivity index (χ2n) is 34.1. The first-order chi connectivity index (χ1) is 51.5. The second-order valence-corrected chi connectivity index (χ2v) is 34.1. The molecule has 107 heavy (non-hydrogen) atoms. The zero-order valence-corrected chi connectivity index (χ0v) is 63.4. The van der Waals surface area contributed by atoms with Crippen LogP contribution in [0.15, 0.2) is 315 Å². The number of pyridine rings is 1. The van der Waals surface area contributed by atoms with E-state index < -0.39 is 0 Å². The van der Waals surface area contributed by atoms with Gasteiger partial charge in [-0.05, 0) is 256 Å². The number of rotatable bonds is 9. The summed E-state index contributed by atoms with van der Waals surface area (Å²) in [6, 6.07) is 120. The van der Waals surface area contributed by atoms with Crippen molar-refractivity contribution < 1.29 is 0 Å². The quantitative estimate of drug-likeness (QED) is 0.106. The van der Waals surface area contributed by atoms with Crippen LogP contribution >= 0.6 is 0 Å². The Balaban J connectivity index is 1.03. The van der Waals surface area contributed by atoms with Crippen LogP contribution in [0.2, 0.25) is 0 Å². The van der Waals surface area contributed by atoms with Crippen LogP contribution in [-0.2, 0) is 21.7 Å². The van der Waals surface area contributed by atoms with E-state index >= 15 is 0 Å². The van der Waals surface area contributed by atoms with Gasteiger partial charge >= 0.3 is 0 Å². The SMILES string of the molecule is CC(C)(C)c1cc(-c2cc(-c3cc4c5c(c3)N(c3cc(-c6ccccc6)cc(-c6ccccc6)c3)c3cc6c(ccc7ccccc76)cc3B5c3cc5ccc6ccccc6c5cc3N4c3cc(-c4ccccc4)cc(-c4ccccc4)c3)cc(-c3cc(C(C)(C)C)cc(C(C)(C)C)c3)n2)cc(C(C)(C)C)c1. The highest BCUT2D eigenvalue weighted by atomic mass is 15.2. The summed E-state index contributed by atoms with van der Waals surface area (Å²) in [6.45, 7) is 27.9. The lowest BCUT2D eigenvalue weighted by Crippen LogP contribution is -2.61. The maximum absolute atomic E-state index is 5.97. The molecule has 2 aliphatic heterocycles. The van der Waals surface area contributed by atoms with Gasteiger partial charge in [0.25, 0.3) is 6.71 Å². The molecule has 0 bridgehead atoms. The highest BCUT2D eigenvalue weighted by Crippen LogP contribution is 2.52. The second kappa shape index (κ2) is 25.5. The molecule has 0 radical (unpaired) electrons. The maximum Gasteiger partial charge on any atom is 0.252 e. The Morgan fingerprint density at radius 1 is 0.224 bits per heavy atom. The van der Waals surface area contributed by atoms with Gasteiger partial charge in [0.1, 0.15) is 0 Å². The normalized spacial score (nSPS) is 13.0. The molecule has 0 saturated heterocycles. The number of fused-ring (bicyclic) bond motifs is 10. The molecule has 4 heteroatoms. The van der Waals surface area contributed by atoms with E-state index in [-0.39, 0.29) is 28.4 Å². The summed E-state index contributed by atoms with van der Waals surface area (Å²) in [7, 11) is 0. The summed E-state index contributed by atoms with van der Waals surface area (Å²) in [4.78, 5) is 11.3. The van der Waals surface area contributed by atoms with Crippen molar-refractivity contribution in [2.45, 2.75) is 105 Å². The van der Waals surface area contributed by atoms with Crippen LogP contribution in [0.25, 0.3) is 121 Å². The minimum absolute atomic E-state index is 0.137. The summed E-state index contributed by atoms with van der Waals surface area (Å²) in [5.74, 6) is 0. The molecule has 1 aromatic heterocycles. The van der Waals surface area contributed by atoms with E-state index in [9.17, 15) is 0 Å². The Kier molecular flexibility index (Phi) is 16.0. The molecule has 2 aliphatic rings. The number of benzene rings is 15. The van der Waals surface area contributed by atoms with Crippen LogP contribution < -0.4 is 26.2 Å². The number of aromatic nitrogens is 1. The third-order valence-corrected chi connectivity index (χ3v) is 22.7. The lowest BCUT2D eigenvalue weighted by atomic mass is 9.33. The molecule has 0 amide bonds. The van der Waals surface area contributed by atoms with Crippen molar-refractivity contribution in [1.82, 2.24) is 4.98 Å². The van der Waals surface area contributed by atoms with Crippen molar-refractivity contribution in [3.05, 3.63) is 338 Å². The Morgan fingerprint density at radius 2 is 0.523 bits per heavy atom. The lowest BCUT2D eigenvalue weighted by Gasteiger charge is -2.45. The van der Waals surface area contributed by atoms with E-state index in [1.54, 1.807) is 0 Å². The Morgan fingerprint density at radius 3 is 0.860 bits per heavy atom. The van der Waals surface area contributed by atoms with Gasteiger partial charge < -0.3 is 9.80 Å². The van der Waals surface area contributed by atoms with Gasteiger partial charge in [-0.25, -0.2) is 4.98 Å². The van der Waals surface area contributed by atoms with Crippen molar-refractivity contribution in [3.8, 4) is 78.1 Å². The first-order valence-corrected chi connectivity index (χ1v) is 38.1. The molecule has 0 spiro atoms. The summed E-state index contributed by atoms with van der Waals surface area (Å²) in [5.41, 5.74) is 30.4. The average molecular weight is 1380 g/mol.